The van der Waals surface area contributed by atoms with Gasteiger partial charge in [0, 0.05) is 38.6 Å². The lowest BCUT2D eigenvalue weighted by Crippen LogP contribution is -2.44. The fourth-order valence-electron chi connectivity index (χ4n) is 2.34. The van der Waals surface area contributed by atoms with E-state index in [0.29, 0.717) is 32.0 Å². The van der Waals surface area contributed by atoms with Crippen molar-refractivity contribution in [2.24, 2.45) is 0 Å². The number of hydrogen-bond acceptors (Lipinski definition) is 6. The summed E-state index contributed by atoms with van der Waals surface area (Å²) < 4.78 is 42.5. The van der Waals surface area contributed by atoms with E-state index in [2.05, 4.69) is 4.98 Å². The molecule has 0 atom stereocenters. The molecule has 0 amide bonds. The summed E-state index contributed by atoms with van der Waals surface area (Å²) in [5.74, 6) is -0.209. The molecule has 0 saturated carbocycles. The number of aromatic nitrogens is 1. The van der Waals surface area contributed by atoms with Crippen LogP contribution in [0.5, 0.6) is 0 Å². The lowest BCUT2D eigenvalue weighted by Gasteiger charge is -2.34. The normalized spacial score (nSPS) is 15.7. The molecule has 0 N–H and O–H groups in total. The number of esters is 1. The molecule has 1 aliphatic rings. The minimum Gasteiger partial charge on any atom is -0.462 e. The van der Waals surface area contributed by atoms with Crippen LogP contribution in [0.15, 0.2) is 30.1 Å². The van der Waals surface area contributed by atoms with Gasteiger partial charge in [-0.05, 0) is 19.1 Å². The molecule has 0 bridgehead atoms. The molecule has 0 aliphatic carbocycles. The second-order valence-corrected chi connectivity index (χ2v) is 5.30. The fourth-order valence-corrected chi connectivity index (χ4v) is 2.34. The zero-order chi connectivity index (χ0) is 18.4. The highest BCUT2D eigenvalue weighted by Crippen LogP contribution is 2.29. The zero-order valence-corrected chi connectivity index (χ0v) is 13.6. The molecule has 2 rings (SSSR count). The van der Waals surface area contributed by atoms with Crippen molar-refractivity contribution in [2.75, 3.05) is 37.7 Å². The number of halogens is 3. The molecule has 25 heavy (non-hydrogen) atoms. The maximum atomic E-state index is 12.6. The summed E-state index contributed by atoms with van der Waals surface area (Å²) in [5.41, 5.74) is -0.867. The molecule has 9 heteroatoms. The predicted octanol–water partition coefficient (Wildman–Crippen LogP) is 2.19. The first-order valence-electron chi connectivity index (χ1n) is 7.66. The molecule has 6 nitrogen and oxygen atoms in total. The molecule has 0 radical (unpaired) electrons. The summed E-state index contributed by atoms with van der Waals surface area (Å²) in [6.45, 7) is 3.88. The lowest BCUT2D eigenvalue weighted by atomic mass is 10.2. The molecule has 1 aliphatic heterocycles. The molecular formula is C16H17F3N4O2. The predicted molar refractivity (Wildman–Crippen MR) is 83.4 cm³/mol. The van der Waals surface area contributed by atoms with Gasteiger partial charge in [0.1, 0.15) is 11.9 Å². The molecule has 0 aromatic carbocycles. The standard InChI is InChI=1S/C16H17F3N4O2/c1-2-25-15(24)12(9-20)11-22-5-7-23(8-6-22)14-4-3-13(10-21-14)16(17,18)19/h3-4,10-11H,2,5-8H2,1H3/b12-11+. The number of rotatable bonds is 4. The number of hydrogen-bond donors (Lipinski definition) is 0. The molecule has 1 fully saturated rings. The van der Waals surface area contributed by atoms with Gasteiger partial charge in [-0.3, -0.25) is 0 Å². The second kappa shape index (κ2) is 7.88. The van der Waals surface area contributed by atoms with Crippen LogP contribution in [-0.4, -0.2) is 48.6 Å². The molecule has 1 saturated heterocycles. The van der Waals surface area contributed by atoms with Crippen molar-refractivity contribution in [3.05, 3.63) is 35.7 Å². The van der Waals surface area contributed by atoms with Crippen LogP contribution in [-0.2, 0) is 15.7 Å². The number of anilines is 1. The van der Waals surface area contributed by atoms with Gasteiger partial charge in [0.15, 0.2) is 5.57 Å². The Bertz CT molecular complexity index is 672. The molecule has 2 heterocycles. The Morgan fingerprint density at radius 2 is 2.04 bits per heavy atom. The van der Waals surface area contributed by atoms with Crippen molar-refractivity contribution in [1.29, 1.82) is 5.26 Å². The third kappa shape index (κ3) is 4.86. The van der Waals surface area contributed by atoms with Crippen LogP contribution in [0.2, 0.25) is 0 Å². The zero-order valence-electron chi connectivity index (χ0n) is 13.6. The van der Waals surface area contributed by atoms with Crippen LogP contribution in [0.4, 0.5) is 19.0 Å². The quantitative estimate of drug-likeness (QED) is 0.469. The highest BCUT2D eigenvalue weighted by Gasteiger charge is 2.31. The van der Waals surface area contributed by atoms with E-state index >= 15 is 0 Å². The minimum atomic E-state index is -4.41. The Morgan fingerprint density at radius 1 is 1.36 bits per heavy atom. The summed E-state index contributed by atoms with van der Waals surface area (Å²) >= 11 is 0. The smallest absolute Gasteiger partial charge is 0.417 e. The van der Waals surface area contributed by atoms with Crippen molar-refractivity contribution in [1.82, 2.24) is 9.88 Å². The summed E-state index contributed by atoms with van der Waals surface area (Å²) in [6, 6.07) is 4.15. The van der Waals surface area contributed by atoms with Gasteiger partial charge in [0.25, 0.3) is 0 Å². The molecule has 134 valence electrons. The number of pyridine rings is 1. The number of carbonyl (C=O) groups is 1. The Morgan fingerprint density at radius 3 is 2.52 bits per heavy atom. The molecular weight excluding hydrogens is 337 g/mol. The second-order valence-electron chi connectivity index (χ2n) is 5.30. The van der Waals surface area contributed by atoms with Crippen molar-refractivity contribution in [2.45, 2.75) is 13.1 Å². The van der Waals surface area contributed by atoms with E-state index in [1.54, 1.807) is 11.8 Å². The first-order valence-corrected chi connectivity index (χ1v) is 7.66. The summed E-state index contributed by atoms with van der Waals surface area (Å²) in [4.78, 5) is 19.1. The van der Waals surface area contributed by atoms with E-state index in [-0.39, 0.29) is 12.2 Å². The molecule has 1 aromatic rings. The van der Waals surface area contributed by atoms with Crippen LogP contribution in [0.3, 0.4) is 0 Å². The maximum Gasteiger partial charge on any atom is 0.417 e. The van der Waals surface area contributed by atoms with Crippen molar-refractivity contribution < 1.29 is 22.7 Å². The highest BCUT2D eigenvalue weighted by molar-refractivity contribution is 5.92. The van der Waals surface area contributed by atoms with Crippen LogP contribution < -0.4 is 4.90 Å². The van der Waals surface area contributed by atoms with E-state index in [9.17, 15) is 18.0 Å². The van der Waals surface area contributed by atoms with Crippen molar-refractivity contribution in [3.63, 3.8) is 0 Å². The highest BCUT2D eigenvalue weighted by atomic mass is 19.4. The third-order valence-corrected chi connectivity index (χ3v) is 3.64. The Balaban J connectivity index is 1.97. The number of alkyl halides is 3. The average molecular weight is 354 g/mol. The largest absolute Gasteiger partial charge is 0.462 e. The molecule has 1 aromatic heterocycles. The number of nitriles is 1. The van der Waals surface area contributed by atoms with E-state index in [4.69, 9.17) is 10.00 Å². The topological polar surface area (TPSA) is 69.5 Å². The van der Waals surface area contributed by atoms with E-state index < -0.39 is 17.7 Å². The monoisotopic (exact) mass is 354 g/mol. The van der Waals surface area contributed by atoms with Crippen molar-refractivity contribution >= 4 is 11.8 Å². The van der Waals surface area contributed by atoms with Gasteiger partial charge >= 0.3 is 12.1 Å². The first kappa shape index (κ1) is 18.6. The number of carbonyl (C=O) groups excluding carboxylic acids is 1. The third-order valence-electron chi connectivity index (χ3n) is 3.64. The van der Waals surface area contributed by atoms with Crippen LogP contribution >= 0.6 is 0 Å². The van der Waals surface area contributed by atoms with Gasteiger partial charge in [-0.1, -0.05) is 0 Å². The van der Waals surface area contributed by atoms with E-state index in [1.165, 1.54) is 12.3 Å². The Kier molecular flexibility index (Phi) is 5.85. The molecule has 0 unspecified atom stereocenters. The number of ether oxygens (including phenoxy) is 1. The number of piperazine rings is 1. The Labute approximate surface area is 143 Å². The van der Waals surface area contributed by atoms with Gasteiger partial charge in [-0.2, -0.15) is 18.4 Å². The lowest BCUT2D eigenvalue weighted by molar-refractivity contribution is -0.138. The summed E-state index contributed by atoms with van der Waals surface area (Å²) in [7, 11) is 0. The van der Waals surface area contributed by atoms with Gasteiger partial charge < -0.3 is 14.5 Å². The number of nitrogens with zero attached hydrogens (tertiary/aromatic N) is 4. The molecule has 0 spiro atoms. The maximum absolute atomic E-state index is 12.6. The van der Waals surface area contributed by atoms with Crippen LogP contribution in [0, 0.1) is 11.3 Å². The average Bonchev–Trinajstić information content (AvgIpc) is 2.59. The fraction of sp³-hybridized carbons (Fsp3) is 0.438. The van der Waals surface area contributed by atoms with Gasteiger partial charge in [-0.25, -0.2) is 9.78 Å². The van der Waals surface area contributed by atoms with Gasteiger partial charge in [0.2, 0.25) is 0 Å². The minimum absolute atomic E-state index is 0.0806. The van der Waals surface area contributed by atoms with Gasteiger partial charge in [0.05, 0.1) is 12.2 Å². The summed E-state index contributed by atoms with van der Waals surface area (Å²) in [6.07, 6.45) is -2.14. The first-order chi connectivity index (χ1) is 11.8. The van der Waals surface area contributed by atoms with Crippen molar-refractivity contribution in [3.8, 4) is 6.07 Å². The van der Waals surface area contributed by atoms with E-state index in [1.807, 2.05) is 11.0 Å². The summed E-state index contributed by atoms with van der Waals surface area (Å²) in [5, 5.41) is 9.02. The van der Waals surface area contributed by atoms with Gasteiger partial charge in [-0.15, -0.1) is 0 Å². The Hall–Kier alpha value is -2.76. The van der Waals surface area contributed by atoms with Crippen LogP contribution in [0.25, 0.3) is 0 Å². The SMILES string of the molecule is CCOC(=O)/C(C#N)=C/N1CCN(c2ccc(C(F)(F)F)cn2)CC1. The van der Waals surface area contributed by atoms with E-state index in [0.717, 1.165) is 12.3 Å². The van der Waals surface area contributed by atoms with Crippen LogP contribution in [0.1, 0.15) is 12.5 Å².